The largest absolute Gasteiger partial charge is 0.457 e. The number of sulfonamides is 1. The topological polar surface area (TPSA) is 55.8 Å². The maximum Gasteiger partial charge on any atom is 0.244 e. The molecule has 0 radical (unpaired) electrons. The molecule has 1 rings (SSSR count). The van der Waals surface area contributed by atoms with Gasteiger partial charge in [0.1, 0.15) is 12.8 Å². The lowest BCUT2D eigenvalue weighted by atomic mass is 10.4. The number of ether oxygens (including phenoxy) is 2. The van der Waals surface area contributed by atoms with Crippen LogP contribution in [0.1, 0.15) is 13.8 Å². The second-order valence-corrected chi connectivity index (χ2v) is 5.51. The highest BCUT2D eigenvalue weighted by Gasteiger charge is 2.29. The Morgan fingerprint density at radius 1 is 1.60 bits per heavy atom. The molecule has 0 saturated heterocycles. The Kier molecular flexibility index (Phi) is 2.86. The van der Waals surface area contributed by atoms with E-state index in [-0.39, 0.29) is 6.54 Å². The minimum absolute atomic E-state index is 0.0151. The monoisotopic (exact) mass is 231 g/mol. The van der Waals surface area contributed by atoms with E-state index in [0.29, 0.717) is 5.76 Å². The summed E-state index contributed by atoms with van der Waals surface area (Å²) in [6.45, 7) is 3.42. The average Bonchev–Trinajstić information content (AvgIpc) is 2.39. The van der Waals surface area contributed by atoms with Crippen LogP contribution in [-0.4, -0.2) is 31.3 Å². The molecule has 6 heteroatoms. The van der Waals surface area contributed by atoms with E-state index in [9.17, 15) is 8.42 Å². The van der Waals surface area contributed by atoms with Crippen molar-refractivity contribution < 1.29 is 17.9 Å². The average molecular weight is 231 g/mol. The molecule has 0 fully saturated rings. The van der Waals surface area contributed by atoms with Gasteiger partial charge in [0.25, 0.3) is 0 Å². The normalized spacial score (nSPS) is 18.4. The van der Waals surface area contributed by atoms with E-state index in [1.54, 1.807) is 13.8 Å². The highest BCUT2D eigenvalue weighted by Crippen LogP contribution is 2.24. The van der Waals surface area contributed by atoms with Crippen molar-refractivity contribution in [3.05, 3.63) is 12.0 Å². The Hall–Kier alpha value is -1.35. The second kappa shape index (κ2) is 3.66. The molecule has 1 aliphatic heterocycles. The number of hydrogen-bond donors (Lipinski definition) is 0. The molecule has 0 spiro atoms. The van der Waals surface area contributed by atoms with Crippen LogP contribution in [0.2, 0.25) is 0 Å². The van der Waals surface area contributed by atoms with Crippen LogP contribution in [0.3, 0.4) is 0 Å². The van der Waals surface area contributed by atoms with E-state index >= 15 is 0 Å². The van der Waals surface area contributed by atoms with Crippen LogP contribution in [-0.2, 0) is 19.5 Å². The molecule has 0 N–H and O–H groups in total. The van der Waals surface area contributed by atoms with Crippen molar-refractivity contribution in [2.45, 2.75) is 19.6 Å². The molecule has 0 unspecified atom stereocenters. The third-order valence-corrected chi connectivity index (χ3v) is 2.73. The van der Waals surface area contributed by atoms with Crippen LogP contribution in [0.4, 0.5) is 0 Å². The highest BCUT2D eigenvalue weighted by molar-refractivity contribution is 7.88. The Labute approximate surface area is 89.7 Å². The Bertz CT molecular complexity index is 416. The standard InChI is InChI=1S/C9H13NO4S/c1-5-10(15(4,11)12)6-8-7-13-9(2,3)14-8/h1,7H,6H2,2-4H3. The van der Waals surface area contributed by atoms with Gasteiger partial charge in [-0.1, -0.05) is 6.42 Å². The van der Waals surface area contributed by atoms with Crippen LogP contribution < -0.4 is 0 Å². The minimum Gasteiger partial charge on any atom is -0.457 e. The predicted octanol–water partition coefficient (Wildman–Crippen LogP) is 0.463. The maximum atomic E-state index is 11.2. The molecule has 84 valence electrons. The Balaban J connectivity index is 2.69. The Morgan fingerprint density at radius 2 is 2.20 bits per heavy atom. The van der Waals surface area contributed by atoms with Crippen molar-refractivity contribution in [3.63, 3.8) is 0 Å². The molecule has 0 aromatic heterocycles. The lowest BCUT2D eigenvalue weighted by Gasteiger charge is -2.20. The van der Waals surface area contributed by atoms with Gasteiger partial charge in [-0.25, -0.2) is 12.7 Å². The van der Waals surface area contributed by atoms with Gasteiger partial charge in [-0.15, -0.1) is 0 Å². The van der Waals surface area contributed by atoms with Gasteiger partial charge in [0, 0.05) is 19.9 Å². The summed E-state index contributed by atoms with van der Waals surface area (Å²) in [7, 11) is -3.42. The van der Waals surface area contributed by atoms with Crippen molar-refractivity contribution in [1.82, 2.24) is 4.31 Å². The SMILES string of the molecule is C#CN(CC1=COC(C)(C)O1)S(C)(=O)=O. The third-order valence-electron chi connectivity index (χ3n) is 1.69. The summed E-state index contributed by atoms with van der Waals surface area (Å²) in [5, 5.41) is 0. The molecule has 1 heterocycles. The smallest absolute Gasteiger partial charge is 0.244 e. The van der Waals surface area contributed by atoms with Gasteiger partial charge in [-0.05, 0) is 0 Å². The van der Waals surface area contributed by atoms with E-state index in [4.69, 9.17) is 15.9 Å². The summed E-state index contributed by atoms with van der Waals surface area (Å²) >= 11 is 0. The van der Waals surface area contributed by atoms with Crippen LogP contribution in [0.5, 0.6) is 0 Å². The van der Waals surface area contributed by atoms with Crippen molar-refractivity contribution in [1.29, 1.82) is 0 Å². The minimum atomic E-state index is -3.42. The molecule has 0 bridgehead atoms. The first-order chi connectivity index (χ1) is 6.74. The third kappa shape index (κ3) is 3.06. The van der Waals surface area contributed by atoms with E-state index in [2.05, 4.69) is 6.04 Å². The summed E-state index contributed by atoms with van der Waals surface area (Å²) in [5.74, 6) is -0.365. The van der Waals surface area contributed by atoms with E-state index in [1.165, 1.54) is 6.26 Å². The van der Waals surface area contributed by atoms with Crippen LogP contribution >= 0.6 is 0 Å². The highest BCUT2D eigenvalue weighted by atomic mass is 32.2. The summed E-state index contributed by atoms with van der Waals surface area (Å²) in [6.07, 6.45) is 7.48. The number of nitrogens with zero attached hydrogens (tertiary/aromatic N) is 1. The van der Waals surface area contributed by atoms with Crippen LogP contribution in [0.25, 0.3) is 0 Å². The zero-order chi connectivity index (χ0) is 11.7. The molecule has 15 heavy (non-hydrogen) atoms. The van der Waals surface area contributed by atoms with Gasteiger partial charge >= 0.3 is 0 Å². The first kappa shape index (κ1) is 11.7. The van der Waals surface area contributed by atoms with Gasteiger partial charge < -0.3 is 9.47 Å². The number of terminal acetylenes is 1. The van der Waals surface area contributed by atoms with Gasteiger partial charge in [0.15, 0.2) is 5.76 Å². The van der Waals surface area contributed by atoms with E-state index in [1.807, 2.05) is 0 Å². The quantitative estimate of drug-likeness (QED) is 0.523. The molecular weight excluding hydrogens is 218 g/mol. The summed E-state index contributed by atoms with van der Waals surface area (Å²) in [4.78, 5) is 0. The molecule has 0 amide bonds. The first-order valence-corrected chi connectivity index (χ1v) is 6.09. The molecular formula is C9H13NO4S. The summed E-state index contributed by atoms with van der Waals surface area (Å²) in [5.41, 5.74) is 0. The first-order valence-electron chi connectivity index (χ1n) is 4.24. The zero-order valence-electron chi connectivity index (χ0n) is 8.85. The fourth-order valence-electron chi connectivity index (χ4n) is 1.04. The molecule has 0 saturated carbocycles. The molecule has 1 aliphatic rings. The van der Waals surface area contributed by atoms with Crippen LogP contribution in [0, 0.1) is 12.5 Å². The van der Waals surface area contributed by atoms with Gasteiger partial charge in [-0.3, -0.25) is 0 Å². The fraction of sp³-hybridized carbons (Fsp3) is 0.556. The predicted molar refractivity (Wildman–Crippen MR) is 54.7 cm³/mol. The van der Waals surface area contributed by atoms with Gasteiger partial charge in [0.05, 0.1) is 6.26 Å². The van der Waals surface area contributed by atoms with Crippen LogP contribution in [0.15, 0.2) is 12.0 Å². The van der Waals surface area contributed by atoms with Gasteiger partial charge in [0.2, 0.25) is 15.8 Å². The summed E-state index contributed by atoms with van der Waals surface area (Å²) in [6, 6.07) is 2.07. The molecule has 0 aromatic carbocycles. The zero-order valence-corrected chi connectivity index (χ0v) is 9.67. The molecule has 0 aromatic rings. The lowest BCUT2D eigenvalue weighted by molar-refractivity contribution is -0.117. The summed E-state index contributed by atoms with van der Waals surface area (Å²) < 4.78 is 33.6. The molecule has 5 nitrogen and oxygen atoms in total. The fourth-order valence-corrected chi connectivity index (χ4v) is 1.59. The molecule has 0 aliphatic carbocycles. The number of hydrogen-bond acceptors (Lipinski definition) is 4. The van der Waals surface area contributed by atoms with Crippen molar-refractivity contribution in [3.8, 4) is 12.5 Å². The Morgan fingerprint density at radius 3 is 2.53 bits per heavy atom. The number of rotatable bonds is 3. The second-order valence-electron chi connectivity index (χ2n) is 3.60. The maximum absolute atomic E-state index is 11.2. The van der Waals surface area contributed by atoms with Gasteiger partial charge in [-0.2, -0.15) is 0 Å². The van der Waals surface area contributed by atoms with Crippen molar-refractivity contribution in [2.24, 2.45) is 0 Å². The van der Waals surface area contributed by atoms with Crippen molar-refractivity contribution >= 4 is 10.0 Å². The lowest BCUT2D eigenvalue weighted by Crippen LogP contribution is -2.29. The molecule has 0 atom stereocenters. The van der Waals surface area contributed by atoms with E-state index in [0.717, 1.165) is 10.6 Å². The van der Waals surface area contributed by atoms with Crippen molar-refractivity contribution in [2.75, 3.05) is 12.8 Å². The van der Waals surface area contributed by atoms with E-state index < -0.39 is 15.8 Å².